The van der Waals surface area contributed by atoms with Crippen molar-refractivity contribution in [2.75, 3.05) is 6.61 Å². The van der Waals surface area contributed by atoms with Crippen LogP contribution in [0.4, 0.5) is 0 Å². The van der Waals surface area contributed by atoms with Gasteiger partial charge < -0.3 is 5.11 Å². The zero-order chi connectivity index (χ0) is 17.7. The second kappa shape index (κ2) is 13.0. The number of hydrogen-bond acceptors (Lipinski definition) is 1. The summed E-state index contributed by atoms with van der Waals surface area (Å²) in [6, 6.07) is 0. The molecule has 23 heavy (non-hydrogen) atoms. The highest BCUT2D eigenvalue weighted by molar-refractivity contribution is 5.18. The second-order valence-electron chi connectivity index (χ2n) is 6.55. The molecule has 0 aromatic rings. The molecule has 1 N–H and O–H groups in total. The Morgan fingerprint density at radius 1 is 0.913 bits per heavy atom. The van der Waals surface area contributed by atoms with Crippen molar-refractivity contribution >= 4 is 0 Å². The molecule has 0 bridgehead atoms. The number of rotatable bonds is 10. The average molecular weight is 315 g/mol. The fraction of sp³-hybridized carbons (Fsp3) is 0.545. The van der Waals surface area contributed by atoms with Crippen LogP contribution in [0.2, 0.25) is 0 Å². The largest absolute Gasteiger partial charge is 0.392 e. The number of terminal acetylenes is 1. The third kappa shape index (κ3) is 11.7. The fourth-order valence-corrected chi connectivity index (χ4v) is 2.32. The quantitative estimate of drug-likeness (QED) is 0.388. The van der Waals surface area contributed by atoms with Crippen LogP contribution in [0.1, 0.15) is 66.7 Å². The van der Waals surface area contributed by atoms with Gasteiger partial charge in [0, 0.05) is 5.92 Å². The molecule has 0 aliphatic heterocycles. The van der Waals surface area contributed by atoms with Crippen LogP contribution in [-0.4, -0.2) is 11.7 Å². The molecule has 0 rings (SSSR count). The Labute approximate surface area is 143 Å². The highest BCUT2D eigenvalue weighted by Gasteiger charge is 2.05. The van der Waals surface area contributed by atoms with Crippen LogP contribution in [0, 0.1) is 18.3 Å². The summed E-state index contributed by atoms with van der Waals surface area (Å²) in [6.07, 6.45) is 19.5. The molecule has 0 spiro atoms. The molecular weight excluding hydrogens is 280 g/mol. The standard InChI is InChI=1S/C22H34O/c1-7-22(15-14-19(4)11-8-10-18(2)3)21(6)13-9-12-20(5)16-17-23/h1,10,13-14,16,22-23H,8-9,11-12,15,17H2,2-6H3/b19-14+,20-16+,21-13+. The second-order valence-corrected chi connectivity index (χ2v) is 6.55. The zero-order valence-electron chi connectivity index (χ0n) is 15.7. The monoisotopic (exact) mass is 314 g/mol. The molecule has 1 atom stereocenters. The van der Waals surface area contributed by atoms with Crippen molar-refractivity contribution in [2.24, 2.45) is 5.92 Å². The first kappa shape index (κ1) is 21.5. The third-order valence-electron chi connectivity index (χ3n) is 3.99. The van der Waals surface area contributed by atoms with Gasteiger partial charge in [-0.05, 0) is 66.7 Å². The van der Waals surface area contributed by atoms with Gasteiger partial charge >= 0.3 is 0 Å². The molecule has 0 aromatic carbocycles. The summed E-state index contributed by atoms with van der Waals surface area (Å²) < 4.78 is 0. The van der Waals surface area contributed by atoms with Gasteiger partial charge in [-0.3, -0.25) is 0 Å². The van der Waals surface area contributed by atoms with Crippen molar-refractivity contribution in [2.45, 2.75) is 66.7 Å². The van der Waals surface area contributed by atoms with Gasteiger partial charge in [-0.25, -0.2) is 0 Å². The minimum Gasteiger partial charge on any atom is -0.392 e. The molecule has 128 valence electrons. The van der Waals surface area contributed by atoms with E-state index in [1.165, 1.54) is 22.3 Å². The van der Waals surface area contributed by atoms with E-state index in [2.05, 4.69) is 58.8 Å². The molecular formula is C22H34O. The summed E-state index contributed by atoms with van der Waals surface area (Å²) in [5.41, 5.74) is 5.29. The summed E-state index contributed by atoms with van der Waals surface area (Å²) >= 11 is 0. The minimum absolute atomic E-state index is 0.123. The molecule has 0 aliphatic carbocycles. The molecule has 0 saturated heterocycles. The fourth-order valence-electron chi connectivity index (χ4n) is 2.32. The van der Waals surface area contributed by atoms with Gasteiger partial charge in [-0.15, -0.1) is 6.42 Å². The maximum absolute atomic E-state index is 8.86. The minimum atomic E-state index is 0.123. The molecule has 1 unspecified atom stereocenters. The lowest BCUT2D eigenvalue weighted by Gasteiger charge is -2.10. The Balaban J connectivity index is 4.44. The van der Waals surface area contributed by atoms with Gasteiger partial charge in [0.25, 0.3) is 0 Å². The van der Waals surface area contributed by atoms with E-state index in [-0.39, 0.29) is 12.5 Å². The van der Waals surface area contributed by atoms with Crippen molar-refractivity contribution in [3.63, 3.8) is 0 Å². The smallest absolute Gasteiger partial charge is 0.0614 e. The van der Waals surface area contributed by atoms with E-state index in [0.29, 0.717) is 0 Å². The molecule has 0 fully saturated rings. The van der Waals surface area contributed by atoms with Crippen LogP contribution >= 0.6 is 0 Å². The topological polar surface area (TPSA) is 20.2 Å². The SMILES string of the molecule is C#CC(C/C=C(\C)CCC=C(C)C)/C(C)=C/CC/C(C)=C/CO. The highest BCUT2D eigenvalue weighted by Crippen LogP contribution is 2.19. The van der Waals surface area contributed by atoms with E-state index in [9.17, 15) is 0 Å². The van der Waals surface area contributed by atoms with Crippen LogP contribution in [-0.2, 0) is 0 Å². The van der Waals surface area contributed by atoms with E-state index in [1.807, 2.05) is 6.08 Å². The molecule has 0 heterocycles. The number of aliphatic hydroxyl groups is 1. The molecule has 0 aliphatic rings. The summed E-state index contributed by atoms with van der Waals surface area (Å²) in [5.74, 6) is 3.11. The zero-order valence-corrected chi connectivity index (χ0v) is 15.7. The highest BCUT2D eigenvalue weighted by atomic mass is 16.2. The molecule has 0 radical (unpaired) electrons. The first-order valence-electron chi connectivity index (χ1n) is 8.59. The Morgan fingerprint density at radius 2 is 1.48 bits per heavy atom. The number of hydrogen-bond donors (Lipinski definition) is 1. The number of allylic oxidation sites excluding steroid dienone is 7. The van der Waals surface area contributed by atoms with Crippen molar-refractivity contribution in [3.05, 3.63) is 46.6 Å². The van der Waals surface area contributed by atoms with Crippen molar-refractivity contribution < 1.29 is 5.11 Å². The van der Waals surface area contributed by atoms with Gasteiger partial charge in [0.15, 0.2) is 0 Å². The Kier molecular flexibility index (Phi) is 12.1. The van der Waals surface area contributed by atoms with E-state index in [1.54, 1.807) is 0 Å². The van der Waals surface area contributed by atoms with Crippen LogP contribution in [0.25, 0.3) is 0 Å². The van der Waals surface area contributed by atoms with E-state index in [4.69, 9.17) is 11.5 Å². The van der Waals surface area contributed by atoms with Crippen molar-refractivity contribution in [3.8, 4) is 12.3 Å². The Hall–Kier alpha value is -1.52. The lowest BCUT2D eigenvalue weighted by molar-refractivity contribution is 0.341. The summed E-state index contributed by atoms with van der Waals surface area (Å²) in [5, 5.41) is 8.86. The van der Waals surface area contributed by atoms with Crippen molar-refractivity contribution in [1.29, 1.82) is 0 Å². The predicted octanol–water partition coefficient (Wildman–Crippen LogP) is 5.98. The summed E-state index contributed by atoms with van der Waals surface area (Å²) in [7, 11) is 0. The first-order chi connectivity index (χ1) is 10.9. The average Bonchev–Trinajstić information content (AvgIpc) is 2.47. The van der Waals surface area contributed by atoms with Crippen LogP contribution in [0.5, 0.6) is 0 Å². The van der Waals surface area contributed by atoms with E-state index >= 15 is 0 Å². The molecule has 1 nitrogen and oxygen atoms in total. The summed E-state index contributed by atoms with van der Waals surface area (Å²) in [4.78, 5) is 0. The molecule has 1 heteroatoms. The predicted molar refractivity (Wildman–Crippen MR) is 103 cm³/mol. The molecule has 0 saturated carbocycles. The van der Waals surface area contributed by atoms with E-state index < -0.39 is 0 Å². The lowest BCUT2D eigenvalue weighted by atomic mass is 9.94. The maximum Gasteiger partial charge on any atom is 0.0614 e. The van der Waals surface area contributed by atoms with Gasteiger partial charge in [0.2, 0.25) is 0 Å². The van der Waals surface area contributed by atoms with Gasteiger partial charge in [0.1, 0.15) is 0 Å². The Bertz CT molecular complexity index is 491. The maximum atomic E-state index is 8.86. The van der Waals surface area contributed by atoms with Gasteiger partial charge in [-0.1, -0.05) is 52.5 Å². The van der Waals surface area contributed by atoms with Crippen LogP contribution in [0.15, 0.2) is 46.6 Å². The lowest BCUT2D eigenvalue weighted by Crippen LogP contribution is -1.98. The van der Waals surface area contributed by atoms with Gasteiger partial charge in [-0.2, -0.15) is 0 Å². The molecule has 0 amide bonds. The van der Waals surface area contributed by atoms with Crippen LogP contribution < -0.4 is 0 Å². The van der Waals surface area contributed by atoms with E-state index in [0.717, 1.165) is 32.1 Å². The van der Waals surface area contributed by atoms with Gasteiger partial charge in [0.05, 0.1) is 6.61 Å². The van der Waals surface area contributed by atoms with Crippen LogP contribution in [0.3, 0.4) is 0 Å². The number of aliphatic hydroxyl groups excluding tert-OH is 1. The first-order valence-corrected chi connectivity index (χ1v) is 8.59. The normalized spacial score (nSPS) is 14.4. The molecule has 0 aromatic heterocycles. The van der Waals surface area contributed by atoms with Crippen molar-refractivity contribution in [1.82, 2.24) is 0 Å². The summed E-state index contributed by atoms with van der Waals surface area (Å²) in [6.45, 7) is 10.8. The third-order valence-corrected chi connectivity index (χ3v) is 3.99. The Morgan fingerprint density at radius 3 is 2.00 bits per heavy atom.